The monoisotopic (exact) mass is 283 g/mol. The number of benzene rings is 1. The van der Waals surface area contributed by atoms with Crippen LogP contribution in [-0.4, -0.2) is 17.8 Å². The molecule has 94 valence electrons. The van der Waals surface area contributed by atoms with Gasteiger partial charge in [-0.1, -0.05) is 23.8 Å². The number of alkyl halides is 3. The van der Waals surface area contributed by atoms with E-state index in [9.17, 15) is 13.2 Å². The molecule has 1 aromatic carbocycles. The second-order valence-corrected chi connectivity index (χ2v) is 4.07. The second kappa shape index (κ2) is 5.55. The van der Waals surface area contributed by atoms with Crippen LogP contribution in [0.25, 0.3) is 0 Å². The highest BCUT2D eigenvalue weighted by molar-refractivity contribution is 7.80. The summed E-state index contributed by atoms with van der Waals surface area (Å²) in [4.78, 5) is 0.122. The first-order valence-electron chi connectivity index (χ1n) is 4.58. The number of halogens is 4. The molecule has 0 aliphatic carbocycles. The van der Waals surface area contributed by atoms with Gasteiger partial charge in [-0.05, 0) is 18.2 Å². The van der Waals surface area contributed by atoms with Gasteiger partial charge in [-0.2, -0.15) is 13.2 Å². The first-order valence-corrected chi connectivity index (χ1v) is 5.37. The molecule has 0 saturated carbocycles. The van der Waals surface area contributed by atoms with Crippen molar-refractivity contribution in [2.45, 2.75) is 12.6 Å². The van der Waals surface area contributed by atoms with Crippen molar-refractivity contribution in [1.82, 2.24) is 0 Å². The highest BCUT2D eigenvalue weighted by Crippen LogP contribution is 2.24. The fraction of sp³-hybridized carbons (Fsp3) is 0.300. The maximum absolute atomic E-state index is 11.9. The molecule has 0 bridgehead atoms. The molecule has 0 heterocycles. The van der Waals surface area contributed by atoms with Crippen molar-refractivity contribution in [3.8, 4) is 5.75 Å². The van der Waals surface area contributed by atoms with Crippen molar-refractivity contribution in [2.75, 3.05) is 6.61 Å². The molecule has 0 unspecified atom stereocenters. The Bertz CT molecular complexity index is 423. The molecule has 1 rings (SSSR count). The summed E-state index contributed by atoms with van der Waals surface area (Å²) in [6, 6.07) is 4.36. The third-order valence-electron chi connectivity index (χ3n) is 1.86. The van der Waals surface area contributed by atoms with Crippen LogP contribution in [-0.2, 0) is 0 Å². The molecule has 0 fully saturated rings. The Morgan fingerprint density at radius 3 is 2.53 bits per heavy atom. The van der Waals surface area contributed by atoms with Crippen molar-refractivity contribution in [3.05, 3.63) is 28.8 Å². The molecule has 2 N–H and O–H groups in total. The van der Waals surface area contributed by atoms with Crippen LogP contribution in [0.4, 0.5) is 13.2 Å². The normalized spacial score (nSPS) is 11.3. The summed E-state index contributed by atoms with van der Waals surface area (Å²) in [5.74, 6) is 0.249. The molecule has 0 aliphatic heterocycles. The minimum atomic E-state index is -4.23. The van der Waals surface area contributed by atoms with Gasteiger partial charge in [-0.15, -0.1) is 0 Å². The molecule has 0 aromatic heterocycles. The SMILES string of the molecule is NC(=S)c1ccc(OCCC(F)(F)F)cc1Cl. The molecular formula is C10H9ClF3NOS. The zero-order valence-electron chi connectivity index (χ0n) is 8.55. The Labute approximate surface area is 107 Å². The summed E-state index contributed by atoms with van der Waals surface area (Å²) < 4.78 is 40.5. The minimum absolute atomic E-state index is 0.122. The number of thiocarbonyl (C=S) groups is 1. The van der Waals surface area contributed by atoms with Crippen molar-refractivity contribution in [3.63, 3.8) is 0 Å². The van der Waals surface area contributed by atoms with Crippen LogP contribution in [0, 0.1) is 0 Å². The van der Waals surface area contributed by atoms with E-state index in [2.05, 4.69) is 0 Å². The largest absolute Gasteiger partial charge is 0.493 e. The van der Waals surface area contributed by atoms with Crippen molar-refractivity contribution >= 4 is 28.8 Å². The topological polar surface area (TPSA) is 35.2 Å². The molecule has 7 heteroatoms. The van der Waals surface area contributed by atoms with Crippen molar-refractivity contribution < 1.29 is 17.9 Å². The number of rotatable bonds is 4. The van der Waals surface area contributed by atoms with Gasteiger partial charge < -0.3 is 10.5 Å². The Hall–Kier alpha value is -1.01. The summed E-state index contributed by atoms with van der Waals surface area (Å²) >= 11 is 10.6. The first kappa shape index (κ1) is 14.1. The highest BCUT2D eigenvalue weighted by atomic mass is 35.5. The number of ether oxygens (including phenoxy) is 1. The standard InChI is InChI=1S/C10H9ClF3NOS/c11-8-5-6(1-2-7(8)9(15)17)16-4-3-10(12,13)14/h1-2,5H,3-4H2,(H2,15,17). The Morgan fingerprint density at radius 1 is 1.41 bits per heavy atom. The lowest BCUT2D eigenvalue weighted by molar-refractivity contribution is -0.139. The van der Waals surface area contributed by atoms with E-state index < -0.39 is 19.2 Å². The van der Waals surface area contributed by atoms with Gasteiger partial charge in [0.25, 0.3) is 0 Å². The lowest BCUT2D eigenvalue weighted by Crippen LogP contribution is -2.13. The molecule has 0 saturated heterocycles. The van der Waals surface area contributed by atoms with Crippen LogP contribution < -0.4 is 10.5 Å². The molecule has 0 atom stereocenters. The zero-order chi connectivity index (χ0) is 13.1. The summed E-state index contributed by atoms with van der Waals surface area (Å²) in [6.07, 6.45) is -5.25. The van der Waals surface area contributed by atoms with Gasteiger partial charge in [0.1, 0.15) is 10.7 Å². The van der Waals surface area contributed by atoms with Gasteiger partial charge in [0, 0.05) is 5.56 Å². The third kappa shape index (κ3) is 4.79. The van der Waals surface area contributed by atoms with Crippen LogP contribution in [0.1, 0.15) is 12.0 Å². The molecule has 1 aromatic rings. The Morgan fingerprint density at radius 2 is 2.06 bits per heavy atom. The van der Waals surface area contributed by atoms with Crippen molar-refractivity contribution in [2.24, 2.45) is 5.73 Å². The van der Waals surface area contributed by atoms with Crippen LogP contribution in [0.15, 0.2) is 18.2 Å². The minimum Gasteiger partial charge on any atom is -0.493 e. The molecular weight excluding hydrogens is 275 g/mol. The quantitative estimate of drug-likeness (QED) is 0.861. The predicted octanol–water partition coefficient (Wildman–Crippen LogP) is 3.31. The Balaban J connectivity index is 2.62. The molecule has 0 spiro atoms. The van der Waals surface area contributed by atoms with E-state index in [1.165, 1.54) is 18.2 Å². The van der Waals surface area contributed by atoms with E-state index in [1.807, 2.05) is 0 Å². The Kier molecular flexibility index (Phi) is 4.59. The van der Waals surface area contributed by atoms with E-state index in [-0.39, 0.29) is 15.8 Å². The second-order valence-electron chi connectivity index (χ2n) is 3.22. The fourth-order valence-electron chi connectivity index (χ4n) is 1.07. The third-order valence-corrected chi connectivity index (χ3v) is 2.39. The van der Waals surface area contributed by atoms with E-state index in [1.54, 1.807) is 0 Å². The van der Waals surface area contributed by atoms with E-state index >= 15 is 0 Å². The van der Waals surface area contributed by atoms with E-state index in [0.717, 1.165) is 0 Å². The molecule has 2 nitrogen and oxygen atoms in total. The summed E-state index contributed by atoms with van der Waals surface area (Å²) in [6.45, 7) is -0.452. The highest BCUT2D eigenvalue weighted by Gasteiger charge is 2.26. The summed E-state index contributed by atoms with van der Waals surface area (Å²) in [5.41, 5.74) is 5.84. The van der Waals surface area contributed by atoms with Crippen LogP contribution >= 0.6 is 23.8 Å². The summed E-state index contributed by atoms with van der Waals surface area (Å²) in [5, 5.41) is 0.252. The average molecular weight is 284 g/mol. The number of hydrogen-bond acceptors (Lipinski definition) is 2. The fourth-order valence-corrected chi connectivity index (χ4v) is 1.58. The molecule has 0 aliphatic rings. The lowest BCUT2D eigenvalue weighted by atomic mass is 10.2. The van der Waals surface area contributed by atoms with E-state index in [0.29, 0.717) is 5.56 Å². The van der Waals surface area contributed by atoms with Gasteiger partial charge in [0.05, 0.1) is 18.1 Å². The zero-order valence-corrected chi connectivity index (χ0v) is 10.1. The lowest BCUT2D eigenvalue weighted by Gasteiger charge is -2.10. The maximum atomic E-state index is 11.9. The van der Waals surface area contributed by atoms with Gasteiger partial charge in [-0.25, -0.2) is 0 Å². The number of nitrogens with two attached hydrogens (primary N) is 1. The molecule has 17 heavy (non-hydrogen) atoms. The summed E-state index contributed by atoms with van der Waals surface area (Å²) in [7, 11) is 0. The number of hydrogen-bond donors (Lipinski definition) is 1. The van der Waals surface area contributed by atoms with Crippen LogP contribution in [0.5, 0.6) is 5.75 Å². The van der Waals surface area contributed by atoms with Gasteiger partial charge >= 0.3 is 6.18 Å². The smallest absolute Gasteiger partial charge is 0.392 e. The maximum Gasteiger partial charge on any atom is 0.392 e. The van der Waals surface area contributed by atoms with Gasteiger partial charge in [0.2, 0.25) is 0 Å². The van der Waals surface area contributed by atoms with Gasteiger partial charge in [-0.3, -0.25) is 0 Å². The van der Waals surface area contributed by atoms with E-state index in [4.69, 9.17) is 34.3 Å². The van der Waals surface area contributed by atoms with Crippen molar-refractivity contribution in [1.29, 1.82) is 0 Å². The molecule has 0 amide bonds. The predicted molar refractivity (Wildman–Crippen MR) is 63.5 cm³/mol. The molecule has 0 radical (unpaired) electrons. The van der Waals surface area contributed by atoms with Crippen LogP contribution in [0.2, 0.25) is 5.02 Å². The van der Waals surface area contributed by atoms with Crippen LogP contribution in [0.3, 0.4) is 0 Å². The van der Waals surface area contributed by atoms with Gasteiger partial charge in [0.15, 0.2) is 0 Å². The first-order chi connectivity index (χ1) is 7.79. The average Bonchev–Trinajstić information content (AvgIpc) is 2.15.